The first kappa shape index (κ1) is 14.1. The Kier molecular flexibility index (Phi) is 4.30. The number of carbonyl (C=O) groups is 1. The van der Waals surface area contributed by atoms with Gasteiger partial charge in [-0.05, 0) is 49.7 Å². The van der Waals surface area contributed by atoms with E-state index in [1.807, 2.05) is 4.90 Å². The van der Waals surface area contributed by atoms with Crippen molar-refractivity contribution in [3.05, 3.63) is 23.9 Å². The molecule has 3 rings (SSSR count). The van der Waals surface area contributed by atoms with Crippen LogP contribution in [-0.4, -0.2) is 28.9 Å². The Morgan fingerprint density at radius 1 is 1.21 bits per heavy atom. The highest BCUT2D eigenvalue weighted by Gasteiger charge is 2.32. The number of hydrogen-bond acceptors (Lipinski definition) is 3. The minimum atomic E-state index is 0. The fraction of sp³-hybridized carbons (Fsp3) is 0.571. The lowest BCUT2D eigenvalue weighted by atomic mass is 10.2. The summed E-state index contributed by atoms with van der Waals surface area (Å²) < 4.78 is 0. The SMILES string of the molecule is Cl.Nc1cccc(C(=O)N(CC2CC2)CC2CC2)n1. The Morgan fingerprint density at radius 2 is 1.79 bits per heavy atom. The monoisotopic (exact) mass is 281 g/mol. The molecule has 0 unspecified atom stereocenters. The molecular formula is C14H20ClN3O. The van der Waals surface area contributed by atoms with Gasteiger partial charge in [0.05, 0.1) is 0 Å². The first-order valence-electron chi connectivity index (χ1n) is 6.74. The lowest BCUT2D eigenvalue weighted by Crippen LogP contribution is -2.35. The van der Waals surface area contributed by atoms with Gasteiger partial charge >= 0.3 is 0 Å². The van der Waals surface area contributed by atoms with Crippen LogP contribution in [0.1, 0.15) is 36.2 Å². The topological polar surface area (TPSA) is 59.2 Å². The summed E-state index contributed by atoms with van der Waals surface area (Å²) in [4.78, 5) is 18.6. The molecule has 0 spiro atoms. The van der Waals surface area contributed by atoms with Crippen LogP contribution in [0.15, 0.2) is 18.2 Å². The predicted octanol–water partition coefficient (Wildman–Crippen LogP) is 2.35. The number of rotatable bonds is 5. The minimum Gasteiger partial charge on any atom is -0.384 e. The fourth-order valence-corrected chi connectivity index (χ4v) is 2.20. The van der Waals surface area contributed by atoms with Crippen LogP contribution in [0.25, 0.3) is 0 Å². The highest BCUT2D eigenvalue weighted by Crippen LogP contribution is 2.34. The zero-order valence-corrected chi connectivity index (χ0v) is 11.7. The molecule has 4 nitrogen and oxygen atoms in total. The van der Waals surface area contributed by atoms with E-state index in [0.717, 1.165) is 13.1 Å². The summed E-state index contributed by atoms with van der Waals surface area (Å²) >= 11 is 0. The van der Waals surface area contributed by atoms with E-state index in [9.17, 15) is 4.79 Å². The van der Waals surface area contributed by atoms with Crippen LogP contribution < -0.4 is 5.73 Å². The van der Waals surface area contributed by atoms with Crippen molar-refractivity contribution in [3.63, 3.8) is 0 Å². The van der Waals surface area contributed by atoms with Crippen molar-refractivity contribution in [2.45, 2.75) is 25.7 Å². The number of pyridine rings is 1. The van der Waals surface area contributed by atoms with E-state index in [-0.39, 0.29) is 18.3 Å². The number of nitrogens with two attached hydrogens (primary N) is 1. The van der Waals surface area contributed by atoms with Crippen molar-refractivity contribution in [2.24, 2.45) is 11.8 Å². The van der Waals surface area contributed by atoms with Crippen molar-refractivity contribution in [2.75, 3.05) is 18.8 Å². The van der Waals surface area contributed by atoms with Crippen LogP contribution in [0.3, 0.4) is 0 Å². The van der Waals surface area contributed by atoms with Gasteiger partial charge < -0.3 is 10.6 Å². The van der Waals surface area contributed by atoms with E-state index in [0.29, 0.717) is 23.3 Å². The largest absolute Gasteiger partial charge is 0.384 e. The molecule has 0 saturated heterocycles. The standard InChI is InChI=1S/C14H19N3O.ClH/c15-13-3-1-2-12(16-13)14(18)17(8-10-4-5-10)9-11-6-7-11;/h1-3,10-11H,4-9H2,(H2,15,16);1H. The van der Waals surface area contributed by atoms with E-state index in [4.69, 9.17) is 5.73 Å². The second kappa shape index (κ2) is 5.78. The van der Waals surface area contributed by atoms with Crippen LogP contribution in [-0.2, 0) is 0 Å². The molecule has 0 atom stereocenters. The van der Waals surface area contributed by atoms with Gasteiger partial charge in [-0.2, -0.15) is 0 Å². The number of aromatic nitrogens is 1. The molecule has 2 aliphatic rings. The second-order valence-electron chi connectivity index (χ2n) is 5.54. The zero-order chi connectivity index (χ0) is 12.5. The summed E-state index contributed by atoms with van der Waals surface area (Å²) in [5.41, 5.74) is 6.12. The molecule has 5 heteroatoms. The molecule has 0 bridgehead atoms. The van der Waals surface area contributed by atoms with Gasteiger partial charge in [-0.25, -0.2) is 4.98 Å². The molecule has 104 valence electrons. The molecule has 0 aliphatic heterocycles. The third kappa shape index (κ3) is 3.83. The van der Waals surface area contributed by atoms with Gasteiger partial charge in [-0.1, -0.05) is 6.07 Å². The van der Waals surface area contributed by atoms with Crippen molar-refractivity contribution >= 4 is 24.1 Å². The Hall–Kier alpha value is -1.29. The maximum absolute atomic E-state index is 12.4. The molecule has 2 fully saturated rings. The third-order valence-electron chi connectivity index (χ3n) is 3.63. The maximum atomic E-state index is 12.4. The summed E-state index contributed by atoms with van der Waals surface area (Å²) in [6, 6.07) is 5.26. The molecule has 0 aromatic carbocycles. The second-order valence-corrected chi connectivity index (χ2v) is 5.54. The van der Waals surface area contributed by atoms with Gasteiger partial charge in [-0.15, -0.1) is 12.4 Å². The van der Waals surface area contributed by atoms with Crippen LogP contribution in [0.2, 0.25) is 0 Å². The first-order chi connectivity index (χ1) is 8.72. The summed E-state index contributed by atoms with van der Waals surface area (Å²) in [5.74, 6) is 1.89. The van der Waals surface area contributed by atoms with Crippen LogP contribution in [0.4, 0.5) is 5.82 Å². The van der Waals surface area contributed by atoms with Gasteiger partial charge in [0.1, 0.15) is 11.5 Å². The molecule has 2 saturated carbocycles. The lowest BCUT2D eigenvalue weighted by Gasteiger charge is -2.22. The van der Waals surface area contributed by atoms with Crippen molar-refractivity contribution in [3.8, 4) is 0 Å². The molecule has 2 aliphatic carbocycles. The predicted molar refractivity (Wildman–Crippen MR) is 77.2 cm³/mol. The number of nitrogens with zero attached hydrogens (tertiary/aromatic N) is 2. The van der Waals surface area contributed by atoms with Gasteiger partial charge in [0.15, 0.2) is 0 Å². The average molecular weight is 282 g/mol. The number of anilines is 1. The Balaban J connectivity index is 0.00000133. The molecule has 1 amide bonds. The lowest BCUT2D eigenvalue weighted by molar-refractivity contribution is 0.0734. The average Bonchev–Trinajstić information content (AvgIpc) is 3.22. The zero-order valence-electron chi connectivity index (χ0n) is 10.9. The van der Waals surface area contributed by atoms with Crippen LogP contribution in [0, 0.1) is 11.8 Å². The minimum absolute atomic E-state index is 0. The molecule has 19 heavy (non-hydrogen) atoms. The number of carbonyl (C=O) groups excluding carboxylic acids is 1. The van der Waals surface area contributed by atoms with E-state index in [2.05, 4.69) is 4.98 Å². The van der Waals surface area contributed by atoms with Crippen molar-refractivity contribution < 1.29 is 4.79 Å². The van der Waals surface area contributed by atoms with E-state index in [1.165, 1.54) is 25.7 Å². The van der Waals surface area contributed by atoms with E-state index in [1.54, 1.807) is 18.2 Å². The number of nitrogen functional groups attached to an aromatic ring is 1. The van der Waals surface area contributed by atoms with Crippen LogP contribution in [0.5, 0.6) is 0 Å². The summed E-state index contributed by atoms with van der Waals surface area (Å²) in [5, 5.41) is 0. The molecule has 1 aromatic rings. The number of amides is 1. The summed E-state index contributed by atoms with van der Waals surface area (Å²) in [6.07, 6.45) is 5.05. The molecule has 1 heterocycles. The highest BCUT2D eigenvalue weighted by molar-refractivity contribution is 5.92. The normalized spacial score (nSPS) is 17.7. The smallest absolute Gasteiger partial charge is 0.272 e. The third-order valence-corrected chi connectivity index (χ3v) is 3.63. The van der Waals surface area contributed by atoms with Gasteiger partial charge in [0.25, 0.3) is 5.91 Å². The Bertz CT molecular complexity index is 444. The van der Waals surface area contributed by atoms with Crippen LogP contribution >= 0.6 is 12.4 Å². The number of halogens is 1. The molecular weight excluding hydrogens is 262 g/mol. The van der Waals surface area contributed by atoms with Gasteiger partial charge in [0, 0.05) is 13.1 Å². The number of hydrogen-bond donors (Lipinski definition) is 1. The maximum Gasteiger partial charge on any atom is 0.272 e. The van der Waals surface area contributed by atoms with E-state index >= 15 is 0 Å². The van der Waals surface area contributed by atoms with E-state index < -0.39 is 0 Å². The quantitative estimate of drug-likeness (QED) is 0.901. The molecule has 0 radical (unpaired) electrons. The fourth-order valence-electron chi connectivity index (χ4n) is 2.20. The van der Waals surface area contributed by atoms with Crippen molar-refractivity contribution in [1.29, 1.82) is 0 Å². The molecule has 2 N–H and O–H groups in total. The van der Waals surface area contributed by atoms with Gasteiger partial charge in [-0.3, -0.25) is 4.79 Å². The van der Waals surface area contributed by atoms with Gasteiger partial charge in [0.2, 0.25) is 0 Å². The highest BCUT2D eigenvalue weighted by atomic mass is 35.5. The van der Waals surface area contributed by atoms with Crippen molar-refractivity contribution in [1.82, 2.24) is 9.88 Å². The Labute approximate surface area is 119 Å². The Morgan fingerprint density at radius 3 is 2.26 bits per heavy atom. The first-order valence-corrected chi connectivity index (χ1v) is 6.74. The summed E-state index contributed by atoms with van der Waals surface area (Å²) in [6.45, 7) is 1.79. The summed E-state index contributed by atoms with van der Waals surface area (Å²) in [7, 11) is 0. The molecule has 1 aromatic heterocycles.